The number of fused-ring (bicyclic) bond motifs is 4. The van der Waals surface area contributed by atoms with Gasteiger partial charge in [-0.3, -0.25) is 4.79 Å². The second-order valence-corrected chi connectivity index (χ2v) is 5.07. The third kappa shape index (κ3) is 1.63. The van der Waals surface area contributed by atoms with E-state index in [4.69, 9.17) is 4.74 Å². The monoisotopic (exact) mass is 281 g/mol. The number of rotatable bonds is 0. The fourth-order valence-corrected chi connectivity index (χ4v) is 3.25. The molecule has 3 nitrogen and oxygen atoms in total. The molecule has 108 valence electrons. The third-order valence-corrected chi connectivity index (χ3v) is 4.19. The van der Waals surface area contributed by atoms with E-state index in [-0.39, 0.29) is 5.91 Å². The minimum atomic E-state index is -0.651. The maximum Gasteiger partial charge on any atom is 0.245 e. The lowest BCUT2D eigenvalue weighted by Gasteiger charge is -2.21. The summed E-state index contributed by atoms with van der Waals surface area (Å²) in [6.45, 7) is 4.40. The molecular weight excluding hydrogens is 262 g/mol. The van der Waals surface area contributed by atoms with Gasteiger partial charge in [-0.2, -0.15) is 0 Å². The number of benzene rings is 2. The van der Waals surface area contributed by atoms with E-state index in [2.05, 4.69) is 0 Å². The lowest BCUT2D eigenvalue weighted by molar-refractivity contribution is -0.121. The average molecular weight is 281 g/mol. The minimum absolute atomic E-state index is 0.0960. The molecule has 0 fully saturated rings. The first-order valence-electron chi connectivity index (χ1n) is 7.35. The summed E-state index contributed by atoms with van der Waals surface area (Å²) in [6.07, 6.45) is 0. The van der Waals surface area contributed by atoms with Crippen LogP contribution >= 0.6 is 0 Å². The molecule has 1 spiro atoms. The van der Waals surface area contributed by atoms with Crippen LogP contribution in [0.15, 0.2) is 48.5 Å². The Morgan fingerprint density at radius 2 is 1.62 bits per heavy atom. The van der Waals surface area contributed by atoms with Crippen molar-refractivity contribution in [1.29, 1.82) is 0 Å². The summed E-state index contributed by atoms with van der Waals surface area (Å²) in [5, 5.41) is 0. The normalized spacial score (nSPS) is 21.5. The molecule has 0 aliphatic carbocycles. The highest BCUT2D eigenvalue weighted by Gasteiger charge is 2.55. The van der Waals surface area contributed by atoms with Gasteiger partial charge in [0.1, 0.15) is 17.8 Å². The lowest BCUT2D eigenvalue weighted by atomic mass is 9.77. The highest BCUT2D eigenvalue weighted by Crippen LogP contribution is 2.51. The van der Waals surface area contributed by atoms with E-state index in [1.165, 1.54) is 0 Å². The van der Waals surface area contributed by atoms with E-state index >= 15 is 0 Å². The smallest absolute Gasteiger partial charge is 0.245 e. The minimum Gasteiger partial charge on any atom is -0.491 e. The lowest BCUT2D eigenvalue weighted by Crippen LogP contribution is -2.40. The molecule has 1 atom stereocenters. The molecule has 4 rings (SSSR count). The Bertz CT molecular complexity index is 695. The van der Waals surface area contributed by atoms with Crippen molar-refractivity contribution in [1.82, 2.24) is 0 Å². The summed E-state index contributed by atoms with van der Waals surface area (Å²) < 4.78 is 5.76. The van der Waals surface area contributed by atoms with Crippen molar-refractivity contribution in [3.05, 3.63) is 59.7 Å². The number of amides is 1. The van der Waals surface area contributed by atoms with Crippen molar-refractivity contribution < 1.29 is 9.53 Å². The maximum atomic E-state index is 12.8. The molecule has 0 N–H and O–H groups in total. The number of hydrogen-bond acceptors (Lipinski definition) is 2. The van der Waals surface area contributed by atoms with Gasteiger partial charge in [0.05, 0.1) is 0 Å². The van der Waals surface area contributed by atoms with Crippen molar-refractivity contribution in [2.45, 2.75) is 19.3 Å². The van der Waals surface area contributed by atoms with Gasteiger partial charge in [0.15, 0.2) is 0 Å². The number of nitrogens with zero attached hydrogens (tertiary/aromatic N) is 1. The average Bonchev–Trinajstić information content (AvgIpc) is 3.04. The van der Waals surface area contributed by atoms with Crippen LogP contribution < -0.4 is 9.64 Å². The van der Waals surface area contributed by atoms with Crippen molar-refractivity contribution in [3.63, 3.8) is 0 Å². The second-order valence-electron chi connectivity index (χ2n) is 5.07. The van der Waals surface area contributed by atoms with Crippen LogP contribution in [0.4, 0.5) is 5.69 Å². The number of likely N-dealkylation sites (N-methyl/N-ethyl adjacent to an activating group) is 1. The highest BCUT2D eigenvalue weighted by atomic mass is 16.5. The molecule has 0 bridgehead atoms. The first-order valence-corrected chi connectivity index (χ1v) is 7.35. The summed E-state index contributed by atoms with van der Waals surface area (Å²) in [5.74, 6) is 0.916. The second kappa shape index (κ2) is 4.92. The molecule has 1 amide bonds. The molecule has 2 heterocycles. The van der Waals surface area contributed by atoms with E-state index in [0.717, 1.165) is 22.6 Å². The van der Waals surface area contributed by atoms with Crippen LogP contribution in [0.2, 0.25) is 0 Å². The molecular formula is C18H19NO2. The van der Waals surface area contributed by atoms with Crippen LogP contribution in [0.1, 0.15) is 25.0 Å². The van der Waals surface area contributed by atoms with E-state index < -0.39 is 5.41 Å². The van der Waals surface area contributed by atoms with E-state index in [1.54, 1.807) is 4.90 Å². The summed E-state index contributed by atoms with van der Waals surface area (Å²) in [7, 11) is 1.83. The van der Waals surface area contributed by atoms with Crippen molar-refractivity contribution >= 4 is 11.6 Å². The van der Waals surface area contributed by atoms with Gasteiger partial charge < -0.3 is 9.64 Å². The van der Waals surface area contributed by atoms with Gasteiger partial charge in [-0.15, -0.1) is 0 Å². The molecule has 0 saturated heterocycles. The predicted molar refractivity (Wildman–Crippen MR) is 83.9 cm³/mol. The molecule has 1 unspecified atom stereocenters. The third-order valence-electron chi connectivity index (χ3n) is 4.19. The molecule has 0 radical (unpaired) electrons. The molecule has 0 saturated carbocycles. The largest absolute Gasteiger partial charge is 0.491 e. The zero-order chi connectivity index (χ0) is 15.0. The van der Waals surface area contributed by atoms with Crippen LogP contribution in [0.3, 0.4) is 0 Å². The van der Waals surface area contributed by atoms with Crippen LogP contribution in [-0.2, 0) is 10.2 Å². The Labute approximate surface area is 125 Å². The fraction of sp³-hybridized carbons (Fsp3) is 0.278. The highest BCUT2D eigenvalue weighted by molar-refractivity contribution is 6.11. The summed E-state index contributed by atoms with van der Waals surface area (Å²) in [4.78, 5) is 14.5. The molecule has 2 aliphatic rings. The van der Waals surface area contributed by atoms with Gasteiger partial charge in [0.25, 0.3) is 0 Å². The maximum absolute atomic E-state index is 12.8. The Morgan fingerprint density at radius 3 is 2.38 bits per heavy atom. The molecule has 3 heteroatoms. The number of ether oxygens (including phenoxy) is 1. The zero-order valence-electron chi connectivity index (χ0n) is 12.6. The molecule has 0 aromatic heterocycles. The standard InChI is InChI=1S/C16H13NO2.C2H6/c1-17-13-8-4-2-6-11(13)16(15(17)18)10-19-14-9-5-3-7-12(14)16;1-2/h2-9H,10H2,1H3;1-2H3. The van der Waals surface area contributed by atoms with Crippen LogP contribution in [0.25, 0.3) is 0 Å². The quantitative estimate of drug-likeness (QED) is 0.741. The Balaban J connectivity index is 0.000000636. The number of anilines is 1. The Hall–Kier alpha value is -2.29. The van der Waals surface area contributed by atoms with E-state index in [9.17, 15) is 4.79 Å². The fourth-order valence-electron chi connectivity index (χ4n) is 3.25. The van der Waals surface area contributed by atoms with Crippen molar-refractivity contribution in [2.75, 3.05) is 18.6 Å². The Kier molecular flexibility index (Phi) is 3.20. The number of carbonyl (C=O) groups excluding carboxylic acids is 1. The summed E-state index contributed by atoms with van der Waals surface area (Å²) in [6, 6.07) is 15.8. The molecule has 2 aliphatic heterocycles. The number of carbonyl (C=O) groups is 1. The van der Waals surface area contributed by atoms with E-state index in [1.807, 2.05) is 69.4 Å². The zero-order valence-corrected chi connectivity index (χ0v) is 12.6. The predicted octanol–water partition coefficient (Wildman–Crippen LogP) is 3.37. The van der Waals surface area contributed by atoms with Gasteiger partial charge in [-0.05, 0) is 17.7 Å². The summed E-state index contributed by atoms with van der Waals surface area (Å²) >= 11 is 0. The number of hydrogen-bond donors (Lipinski definition) is 0. The van der Waals surface area contributed by atoms with Crippen LogP contribution in [0, 0.1) is 0 Å². The van der Waals surface area contributed by atoms with Gasteiger partial charge in [0, 0.05) is 18.3 Å². The van der Waals surface area contributed by atoms with Gasteiger partial charge in [0.2, 0.25) is 5.91 Å². The van der Waals surface area contributed by atoms with Gasteiger partial charge in [-0.1, -0.05) is 50.2 Å². The number of para-hydroxylation sites is 2. The van der Waals surface area contributed by atoms with Gasteiger partial charge in [-0.25, -0.2) is 0 Å². The topological polar surface area (TPSA) is 29.5 Å². The summed E-state index contributed by atoms with van der Waals surface area (Å²) in [5.41, 5.74) is 2.36. The van der Waals surface area contributed by atoms with Crippen LogP contribution in [-0.4, -0.2) is 19.6 Å². The van der Waals surface area contributed by atoms with Crippen LogP contribution in [0.5, 0.6) is 5.75 Å². The first kappa shape index (κ1) is 13.7. The van der Waals surface area contributed by atoms with Crippen molar-refractivity contribution in [2.24, 2.45) is 0 Å². The SMILES string of the molecule is CC.CN1C(=O)C2(COc3ccccc32)c2ccccc21. The van der Waals surface area contributed by atoms with E-state index in [0.29, 0.717) is 6.61 Å². The Morgan fingerprint density at radius 1 is 1.00 bits per heavy atom. The van der Waals surface area contributed by atoms with Crippen molar-refractivity contribution in [3.8, 4) is 5.75 Å². The molecule has 2 aromatic rings. The molecule has 2 aromatic carbocycles. The van der Waals surface area contributed by atoms with Gasteiger partial charge >= 0.3 is 0 Å². The molecule has 21 heavy (non-hydrogen) atoms. The first-order chi connectivity index (χ1) is 10.2.